The largest absolute Gasteiger partial charge is 0.331 e. The van der Waals surface area contributed by atoms with Gasteiger partial charge in [-0.2, -0.15) is 0 Å². The van der Waals surface area contributed by atoms with Crippen molar-refractivity contribution in [1.29, 1.82) is 0 Å². The molecule has 1 N–H and O–H groups in total. The molecule has 0 aliphatic carbocycles. The van der Waals surface area contributed by atoms with Gasteiger partial charge in [-0.25, -0.2) is 9.97 Å². The second-order valence-electron chi connectivity index (χ2n) is 9.50. The van der Waals surface area contributed by atoms with E-state index < -0.39 is 0 Å². The van der Waals surface area contributed by atoms with Crippen LogP contribution in [0.1, 0.15) is 44.5 Å². The average molecular weight is 469 g/mol. The van der Waals surface area contributed by atoms with Crippen LogP contribution in [0.4, 0.5) is 10.8 Å². The minimum atomic E-state index is 0.0917. The molecule has 0 bridgehead atoms. The first-order valence-corrected chi connectivity index (χ1v) is 12.4. The van der Waals surface area contributed by atoms with E-state index in [1.807, 2.05) is 25.2 Å². The smallest absolute Gasteiger partial charge is 0.187 e. The molecule has 0 aliphatic rings. The Morgan fingerprint density at radius 2 is 1.94 bits per heavy atom. The van der Waals surface area contributed by atoms with E-state index in [4.69, 9.17) is 9.97 Å². The molecule has 0 spiro atoms. The van der Waals surface area contributed by atoms with Crippen molar-refractivity contribution in [3.63, 3.8) is 0 Å². The van der Waals surface area contributed by atoms with Gasteiger partial charge in [-0.3, -0.25) is 0 Å². The van der Waals surface area contributed by atoms with Crippen LogP contribution in [0, 0.1) is 6.92 Å². The van der Waals surface area contributed by atoms with Gasteiger partial charge in [-0.1, -0.05) is 69.9 Å². The fourth-order valence-electron chi connectivity index (χ4n) is 3.97. The van der Waals surface area contributed by atoms with Crippen LogP contribution in [0.5, 0.6) is 0 Å². The lowest BCUT2D eigenvalue weighted by Gasteiger charge is -2.19. The van der Waals surface area contributed by atoms with Crippen molar-refractivity contribution in [3.8, 4) is 11.4 Å². The van der Waals surface area contributed by atoms with Gasteiger partial charge in [0.1, 0.15) is 5.82 Å². The Kier molecular flexibility index (Phi) is 6.58. The molecule has 0 amide bonds. The Morgan fingerprint density at radius 1 is 1.15 bits per heavy atom. The SMILES string of the molecule is C=CC=C(C=CC)c1csc(Nc2cc3nc(-c4cccc(C(C)(C)C)c4)n(C)c3cc2C)n1. The molecule has 4 aromatic rings. The quantitative estimate of drug-likeness (QED) is 0.290. The van der Waals surface area contributed by atoms with Crippen LogP contribution in [0.2, 0.25) is 0 Å². The van der Waals surface area contributed by atoms with Crippen molar-refractivity contribution in [2.45, 2.75) is 40.0 Å². The number of aromatic nitrogens is 3. The summed E-state index contributed by atoms with van der Waals surface area (Å²) in [4.78, 5) is 9.79. The third-order valence-corrected chi connectivity index (χ3v) is 6.66. The van der Waals surface area contributed by atoms with Crippen LogP contribution in [-0.4, -0.2) is 14.5 Å². The summed E-state index contributed by atoms with van der Waals surface area (Å²) >= 11 is 1.59. The topological polar surface area (TPSA) is 42.7 Å². The molecule has 2 aromatic carbocycles. The van der Waals surface area contributed by atoms with E-state index in [2.05, 4.69) is 93.0 Å². The van der Waals surface area contributed by atoms with Gasteiger partial charge < -0.3 is 9.88 Å². The summed E-state index contributed by atoms with van der Waals surface area (Å²) in [6.45, 7) is 14.6. The van der Waals surface area contributed by atoms with Crippen LogP contribution in [0.3, 0.4) is 0 Å². The van der Waals surface area contributed by atoms with Crippen molar-refractivity contribution < 1.29 is 0 Å². The Hall–Kier alpha value is -3.44. The molecule has 5 heteroatoms. The van der Waals surface area contributed by atoms with Crippen LogP contribution in [-0.2, 0) is 12.5 Å². The molecule has 2 aromatic heterocycles. The van der Waals surface area contributed by atoms with E-state index in [0.29, 0.717) is 0 Å². The summed E-state index contributed by atoms with van der Waals surface area (Å²) in [7, 11) is 2.09. The van der Waals surface area contributed by atoms with Gasteiger partial charge in [0.05, 0.1) is 16.7 Å². The molecule has 0 fully saturated rings. The van der Waals surface area contributed by atoms with Crippen molar-refractivity contribution in [2.75, 3.05) is 5.32 Å². The van der Waals surface area contributed by atoms with Gasteiger partial charge in [0.2, 0.25) is 0 Å². The van der Waals surface area contributed by atoms with Crippen LogP contribution in [0.15, 0.2) is 72.7 Å². The van der Waals surface area contributed by atoms with Gasteiger partial charge in [0, 0.05) is 29.3 Å². The third kappa shape index (κ3) is 4.75. The first-order chi connectivity index (χ1) is 16.2. The lowest BCUT2D eigenvalue weighted by molar-refractivity contribution is 0.590. The van der Waals surface area contributed by atoms with Crippen molar-refractivity contribution in [1.82, 2.24) is 14.5 Å². The third-order valence-electron chi connectivity index (χ3n) is 5.90. The number of benzene rings is 2. The maximum atomic E-state index is 5.01. The number of nitrogens with zero attached hydrogens (tertiary/aromatic N) is 3. The first kappa shape index (κ1) is 23.7. The number of anilines is 2. The molecule has 0 saturated heterocycles. The van der Waals surface area contributed by atoms with Gasteiger partial charge in [-0.15, -0.1) is 11.3 Å². The van der Waals surface area contributed by atoms with Gasteiger partial charge >= 0.3 is 0 Å². The summed E-state index contributed by atoms with van der Waals surface area (Å²) in [5.41, 5.74) is 8.75. The first-order valence-electron chi connectivity index (χ1n) is 11.5. The summed E-state index contributed by atoms with van der Waals surface area (Å²) in [6, 6.07) is 13.0. The van der Waals surface area contributed by atoms with Crippen molar-refractivity contribution >= 4 is 38.8 Å². The van der Waals surface area contributed by atoms with Crippen LogP contribution < -0.4 is 5.32 Å². The number of aryl methyl sites for hydroxylation is 2. The number of allylic oxidation sites excluding steroid dienone is 5. The predicted octanol–water partition coefficient (Wildman–Crippen LogP) is 8.19. The zero-order valence-corrected chi connectivity index (χ0v) is 21.6. The average Bonchev–Trinajstić information content (AvgIpc) is 3.38. The maximum absolute atomic E-state index is 5.01. The zero-order chi connectivity index (χ0) is 24.5. The molecule has 34 heavy (non-hydrogen) atoms. The van der Waals surface area contributed by atoms with Crippen LogP contribution in [0.25, 0.3) is 28.0 Å². The number of fused-ring (bicyclic) bond motifs is 1. The molecular formula is C29H32N4S. The Labute approximate surface area is 206 Å². The second kappa shape index (κ2) is 9.43. The molecule has 0 radical (unpaired) electrons. The van der Waals surface area contributed by atoms with E-state index in [-0.39, 0.29) is 5.41 Å². The molecule has 2 heterocycles. The normalized spacial score (nSPS) is 12.6. The monoisotopic (exact) mass is 468 g/mol. The summed E-state index contributed by atoms with van der Waals surface area (Å²) < 4.78 is 2.18. The molecular weight excluding hydrogens is 436 g/mol. The van der Waals surface area contributed by atoms with Crippen molar-refractivity contribution in [2.24, 2.45) is 7.05 Å². The van der Waals surface area contributed by atoms with Gasteiger partial charge in [0.25, 0.3) is 0 Å². The highest BCUT2D eigenvalue weighted by atomic mass is 32.1. The Balaban J connectivity index is 1.69. The molecule has 4 rings (SSSR count). The number of thiazole rings is 1. The highest BCUT2D eigenvalue weighted by Crippen LogP contribution is 2.33. The van der Waals surface area contributed by atoms with Gasteiger partial charge in [0.15, 0.2) is 5.13 Å². The number of hydrogen-bond acceptors (Lipinski definition) is 4. The highest BCUT2D eigenvalue weighted by Gasteiger charge is 2.17. The number of rotatable bonds is 6. The van der Waals surface area contributed by atoms with E-state index in [0.717, 1.165) is 50.1 Å². The molecule has 0 saturated carbocycles. The number of nitrogens with one attached hydrogen (secondary N) is 1. The minimum Gasteiger partial charge on any atom is -0.331 e. The zero-order valence-electron chi connectivity index (χ0n) is 20.8. The lowest BCUT2D eigenvalue weighted by atomic mass is 9.86. The summed E-state index contributed by atoms with van der Waals surface area (Å²) in [6.07, 6.45) is 7.81. The standard InChI is InChI=1S/C29H32N4S/c1-8-11-20(12-9-2)25-18-34-28(32-25)31-23-17-24-26(15-19(23)3)33(7)27(30-24)21-13-10-14-22(16-21)29(4,5)6/h8-18H,1H2,2-7H3,(H,31,32). The van der Waals surface area contributed by atoms with E-state index >= 15 is 0 Å². The Bertz CT molecular complexity index is 1410. The number of imidazole rings is 1. The van der Waals surface area contributed by atoms with E-state index in [9.17, 15) is 0 Å². The predicted molar refractivity (Wildman–Crippen MR) is 148 cm³/mol. The highest BCUT2D eigenvalue weighted by molar-refractivity contribution is 7.13. The van der Waals surface area contributed by atoms with E-state index in [1.165, 1.54) is 5.56 Å². The van der Waals surface area contributed by atoms with Gasteiger partial charge in [-0.05, 0) is 48.6 Å². The fourth-order valence-corrected chi connectivity index (χ4v) is 4.70. The Morgan fingerprint density at radius 3 is 2.65 bits per heavy atom. The lowest BCUT2D eigenvalue weighted by Crippen LogP contribution is -2.11. The van der Waals surface area contributed by atoms with Crippen LogP contribution >= 0.6 is 11.3 Å². The molecule has 0 atom stereocenters. The molecule has 0 unspecified atom stereocenters. The molecule has 4 nitrogen and oxygen atoms in total. The molecule has 0 aliphatic heterocycles. The van der Waals surface area contributed by atoms with E-state index in [1.54, 1.807) is 17.4 Å². The maximum Gasteiger partial charge on any atom is 0.187 e. The minimum absolute atomic E-state index is 0.0917. The second-order valence-corrected chi connectivity index (χ2v) is 10.4. The molecule has 174 valence electrons. The number of hydrogen-bond donors (Lipinski definition) is 1. The summed E-state index contributed by atoms with van der Waals surface area (Å²) in [5.74, 6) is 0.972. The summed E-state index contributed by atoms with van der Waals surface area (Å²) in [5, 5.41) is 6.42. The fraction of sp³-hybridized carbons (Fsp3) is 0.241. The van der Waals surface area contributed by atoms with Crippen molar-refractivity contribution in [3.05, 3.63) is 89.5 Å².